The Morgan fingerprint density at radius 1 is 1.44 bits per heavy atom. The Bertz CT molecular complexity index is 379. The van der Waals surface area contributed by atoms with Crippen LogP contribution in [0.4, 0.5) is 10.5 Å². The van der Waals surface area contributed by atoms with Crippen molar-refractivity contribution in [1.82, 2.24) is 4.90 Å². The summed E-state index contributed by atoms with van der Waals surface area (Å²) in [7, 11) is 1.78. The van der Waals surface area contributed by atoms with Gasteiger partial charge in [0.15, 0.2) is 0 Å². The third-order valence-corrected chi connectivity index (χ3v) is 3.00. The first-order valence-electron chi connectivity index (χ1n) is 5.39. The van der Waals surface area contributed by atoms with Crippen LogP contribution in [0, 0.1) is 0 Å². The van der Waals surface area contributed by atoms with E-state index in [-0.39, 0.29) is 6.03 Å². The molecule has 0 saturated carbocycles. The summed E-state index contributed by atoms with van der Waals surface area (Å²) in [4.78, 5) is 13.3. The van der Waals surface area contributed by atoms with Crippen molar-refractivity contribution in [3.63, 3.8) is 0 Å². The van der Waals surface area contributed by atoms with Gasteiger partial charge in [0.1, 0.15) is 0 Å². The van der Waals surface area contributed by atoms with Gasteiger partial charge in [0.05, 0.1) is 0 Å². The number of nitrogens with one attached hydrogen (secondary N) is 1. The van der Waals surface area contributed by atoms with Crippen molar-refractivity contribution < 1.29 is 4.79 Å². The van der Waals surface area contributed by atoms with Crippen molar-refractivity contribution in [2.75, 3.05) is 18.9 Å². The molecule has 0 aliphatic rings. The Balaban J connectivity index is 2.84. The van der Waals surface area contributed by atoms with Crippen LogP contribution < -0.4 is 5.32 Å². The molecule has 0 spiro atoms. The van der Waals surface area contributed by atoms with Gasteiger partial charge in [-0.25, -0.2) is 4.79 Å². The Labute approximate surface area is 105 Å². The van der Waals surface area contributed by atoms with Crippen molar-refractivity contribution >= 4 is 27.6 Å². The molecule has 0 atom stereocenters. The molecule has 0 aromatic heterocycles. The fourth-order valence-electron chi connectivity index (χ4n) is 1.33. The van der Waals surface area contributed by atoms with E-state index < -0.39 is 0 Å². The Morgan fingerprint density at radius 2 is 2.12 bits per heavy atom. The third kappa shape index (κ3) is 3.23. The zero-order valence-electron chi connectivity index (χ0n) is 9.88. The second-order valence-corrected chi connectivity index (χ2v) is 4.52. The molecule has 0 bridgehead atoms. The molecule has 2 amide bonds. The molecule has 1 rings (SSSR count). The predicted octanol–water partition coefficient (Wildman–Crippen LogP) is 3.50. The van der Waals surface area contributed by atoms with E-state index in [0.29, 0.717) is 6.54 Å². The number of anilines is 1. The highest BCUT2D eigenvalue weighted by Crippen LogP contribution is 2.21. The molecular weight excluding hydrogens is 268 g/mol. The van der Waals surface area contributed by atoms with E-state index in [1.807, 2.05) is 25.1 Å². The number of benzene rings is 1. The highest BCUT2D eigenvalue weighted by atomic mass is 79.9. The zero-order valence-corrected chi connectivity index (χ0v) is 11.5. The summed E-state index contributed by atoms with van der Waals surface area (Å²) >= 11 is 3.42. The molecule has 3 nitrogen and oxygen atoms in total. The normalized spacial score (nSPS) is 10.0. The van der Waals surface area contributed by atoms with E-state index in [1.54, 1.807) is 11.9 Å². The first-order chi connectivity index (χ1) is 7.58. The number of urea groups is 1. The van der Waals surface area contributed by atoms with Crippen LogP contribution in [0.1, 0.15) is 19.4 Å². The summed E-state index contributed by atoms with van der Waals surface area (Å²) < 4.78 is 1.03. The van der Waals surface area contributed by atoms with Crippen LogP contribution in [-0.2, 0) is 6.42 Å². The minimum absolute atomic E-state index is 0.0699. The van der Waals surface area contributed by atoms with Gasteiger partial charge >= 0.3 is 6.03 Å². The fourth-order valence-corrected chi connectivity index (χ4v) is 1.74. The van der Waals surface area contributed by atoms with Crippen molar-refractivity contribution in [3.8, 4) is 0 Å². The SMILES string of the molecule is CCc1cc(Br)ccc1NC(=O)N(C)CC. The summed E-state index contributed by atoms with van der Waals surface area (Å²) in [6.45, 7) is 4.71. The lowest BCUT2D eigenvalue weighted by molar-refractivity contribution is 0.224. The van der Waals surface area contributed by atoms with E-state index in [9.17, 15) is 4.79 Å². The number of halogens is 1. The highest BCUT2D eigenvalue weighted by molar-refractivity contribution is 9.10. The summed E-state index contributed by atoms with van der Waals surface area (Å²) in [5, 5.41) is 2.91. The molecule has 4 heteroatoms. The van der Waals surface area contributed by atoms with E-state index in [0.717, 1.165) is 22.1 Å². The molecule has 0 radical (unpaired) electrons. The highest BCUT2D eigenvalue weighted by Gasteiger charge is 2.09. The van der Waals surface area contributed by atoms with Gasteiger partial charge in [-0.3, -0.25) is 0 Å². The molecule has 1 aromatic carbocycles. The van der Waals surface area contributed by atoms with Gasteiger partial charge < -0.3 is 10.2 Å². The minimum atomic E-state index is -0.0699. The maximum atomic E-state index is 11.7. The van der Waals surface area contributed by atoms with Crippen LogP contribution in [0.2, 0.25) is 0 Å². The quantitative estimate of drug-likeness (QED) is 0.905. The van der Waals surface area contributed by atoms with E-state index in [2.05, 4.69) is 28.2 Å². The Kier molecular flexibility index (Phi) is 4.80. The largest absolute Gasteiger partial charge is 0.328 e. The molecule has 1 aromatic rings. The van der Waals surface area contributed by atoms with E-state index in [4.69, 9.17) is 0 Å². The molecule has 0 unspecified atom stereocenters. The molecule has 88 valence electrons. The fraction of sp³-hybridized carbons (Fsp3) is 0.417. The molecule has 1 N–H and O–H groups in total. The van der Waals surface area contributed by atoms with E-state index in [1.165, 1.54) is 0 Å². The summed E-state index contributed by atoms with van der Waals surface area (Å²) in [5.41, 5.74) is 2.02. The Morgan fingerprint density at radius 3 is 2.69 bits per heavy atom. The van der Waals surface area contributed by atoms with Crippen LogP contribution in [0.25, 0.3) is 0 Å². The van der Waals surface area contributed by atoms with Gasteiger partial charge in [-0.2, -0.15) is 0 Å². The van der Waals surface area contributed by atoms with Crippen molar-refractivity contribution in [2.24, 2.45) is 0 Å². The predicted molar refractivity (Wildman–Crippen MR) is 70.8 cm³/mol. The number of hydrogen-bond acceptors (Lipinski definition) is 1. The van der Waals surface area contributed by atoms with Gasteiger partial charge in [0.25, 0.3) is 0 Å². The van der Waals surface area contributed by atoms with Crippen molar-refractivity contribution in [3.05, 3.63) is 28.2 Å². The number of aryl methyl sites for hydroxylation is 1. The van der Waals surface area contributed by atoms with Gasteiger partial charge in [0, 0.05) is 23.8 Å². The Hall–Kier alpha value is -1.03. The number of hydrogen-bond donors (Lipinski definition) is 1. The molecular formula is C12H17BrN2O. The first kappa shape index (κ1) is 13.0. The lowest BCUT2D eigenvalue weighted by Gasteiger charge is -2.17. The van der Waals surface area contributed by atoms with Crippen LogP contribution in [0.5, 0.6) is 0 Å². The van der Waals surface area contributed by atoms with Crippen LogP contribution in [0.3, 0.4) is 0 Å². The topological polar surface area (TPSA) is 32.3 Å². The molecule has 16 heavy (non-hydrogen) atoms. The maximum Gasteiger partial charge on any atom is 0.321 e. The average molecular weight is 285 g/mol. The minimum Gasteiger partial charge on any atom is -0.328 e. The van der Waals surface area contributed by atoms with Crippen LogP contribution in [-0.4, -0.2) is 24.5 Å². The number of amides is 2. The number of rotatable bonds is 3. The first-order valence-corrected chi connectivity index (χ1v) is 6.18. The number of carbonyl (C=O) groups is 1. The van der Waals surface area contributed by atoms with Crippen LogP contribution >= 0.6 is 15.9 Å². The standard InChI is InChI=1S/C12H17BrN2O/c1-4-9-8-10(13)6-7-11(9)14-12(16)15(3)5-2/h6-8H,4-5H2,1-3H3,(H,14,16). The number of nitrogens with zero attached hydrogens (tertiary/aromatic N) is 1. The van der Waals surface area contributed by atoms with Crippen molar-refractivity contribution in [1.29, 1.82) is 0 Å². The van der Waals surface area contributed by atoms with Gasteiger partial charge in [-0.05, 0) is 37.1 Å². The van der Waals surface area contributed by atoms with Gasteiger partial charge in [-0.15, -0.1) is 0 Å². The monoisotopic (exact) mass is 284 g/mol. The second kappa shape index (κ2) is 5.89. The molecule has 0 aliphatic heterocycles. The molecule has 0 saturated heterocycles. The molecule has 0 aliphatic carbocycles. The van der Waals surface area contributed by atoms with Crippen LogP contribution in [0.15, 0.2) is 22.7 Å². The lowest BCUT2D eigenvalue weighted by Crippen LogP contribution is -2.31. The number of carbonyl (C=O) groups excluding carboxylic acids is 1. The average Bonchev–Trinajstić information content (AvgIpc) is 2.30. The second-order valence-electron chi connectivity index (χ2n) is 3.60. The summed E-state index contributed by atoms with van der Waals surface area (Å²) in [6, 6.07) is 5.81. The smallest absolute Gasteiger partial charge is 0.321 e. The van der Waals surface area contributed by atoms with Gasteiger partial charge in [-0.1, -0.05) is 22.9 Å². The maximum absolute atomic E-state index is 11.7. The third-order valence-electron chi connectivity index (χ3n) is 2.51. The zero-order chi connectivity index (χ0) is 12.1. The lowest BCUT2D eigenvalue weighted by atomic mass is 10.1. The molecule has 0 heterocycles. The van der Waals surface area contributed by atoms with Crippen molar-refractivity contribution in [2.45, 2.75) is 20.3 Å². The summed E-state index contributed by atoms with van der Waals surface area (Å²) in [5.74, 6) is 0. The molecule has 0 fully saturated rings. The van der Waals surface area contributed by atoms with Gasteiger partial charge in [0.2, 0.25) is 0 Å². The summed E-state index contributed by atoms with van der Waals surface area (Å²) in [6.07, 6.45) is 0.894. The van der Waals surface area contributed by atoms with E-state index >= 15 is 0 Å².